The normalized spacial score (nSPS) is 19.4. The molecule has 1 saturated heterocycles. The number of carbonyl (C=O) groups excluding carboxylic acids is 2. The van der Waals surface area contributed by atoms with Gasteiger partial charge in [0.1, 0.15) is 0 Å². The molecule has 1 aliphatic carbocycles. The first-order valence-electron chi connectivity index (χ1n) is 13.4. The quantitative estimate of drug-likeness (QED) is 0.370. The van der Waals surface area contributed by atoms with Crippen molar-refractivity contribution in [1.29, 1.82) is 0 Å². The molecular weight excluding hydrogens is 460 g/mol. The highest BCUT2D eigenvalue weighted by molar-refractivity contribution is 6.05. The molecule has 37 heavy (non-hydrogen) atoms. The summed E-state index contributed by atoms with van der Waals surface area (Å²) in [6.45, 7) is 2.74. The molecule has 2 aliphatic rings. The van der Waals surface area contributed by atoms with E-state index in [2.05, 4.69) is 41.0 Å². The topological polar surface area (TPSA) is 87.5 Å². The van der Waals surface area contributed by atoms with E-state index in [4.69, 9.17) is 5.73 Å². The Bertz CT molecular complexity index is 1200. The molecule has 6 nitrogen and oxygen atoms in total. The summed E-state index contributed by atoms with van der Waals surface area (Å²) in [5.41, 5.74) is 10.1. The molecule has 1 aliphatic heterocycles. The molecule has 3 aromatic rings. The van der Waals surface area contributed by atoms with E-state index in [1.807, 2.05) is 29.2 Å². The van der Waals surface area contributed by atoms with Gasteiger partial charge in [0.25, 0.3) is 5.91 Å². The number of aryl methyl sites for hydroxylation is 1. The van der Waals surface area contributed by atoms with Gasteiger partial charge in [0, 0.05) is 37.0 Å². The van der Waals surface area contributed by atoms with Crippen LogP contribution < -0.4 is 16.4 Å². The van der Waals surface area contributed by atoms with Crippen molar-refractivity contribution in [3.8, 4) is 0 Å². The Morgan fingerprint density at radius 1 is 0.892 bits per heavy atom. The molecule has 0 bridgehead atoms. The van der Waals surface area contributed by atoms with Gasteiger partial charge < -0.3 is 21.3 Å². The Kier molecular flexibility index (Phi) is 7.85. The highest BCUT2D eigenvalue weighted by Crippen LogP contribution is 2.40. The Morgan fingerprint density at radius 2 is 1.59 bits per heavy atom. The Morgan fingerprint density at radius 3 is 2.32 bits per heavy atom. The fourth-order valence-corrected chi connectivity index (χ4v) is 5.23. The summed E-state index contributed by atoms with van der Waals surface area (Å²) in [7, 11) is 0. The number of nitrogens with zero attached hydrogens (tertiary/aromatic N) is 1. The molecule has 5 rings (SSSR count). The van der Waals surface area contributed by atoms with E-state index >= 15 is 0 Å². The third-order valence-electron chi connectivity index (χ3n) is 7.71. The third kappa shape index (κ3) is 6.57. The molecule has 3 aromatic carbocycles. The molecule has 0 aromatic heterocycles. The molecule has 1 heterocycles. The highest BCUT2D eigenvalue weighted by atomic mass is 16.2. The second kappa shape index (κ2) is 11.6. The summed E-state index contributed by atoms with van der Waals surface area (Å²) < 4.78 is 0. The number of nitrogens with one attached hydrogen (secondary N) is 2. The van der Waals surface area contributed by atoms with Crippen molar-refractivity contribution in [2.45, 2.75) is 44.1 Å². The highest BCUT2D eigenvalue weighted by Gasteiger charge is 2.38. The van der Waals surface area contributed by atoms with Crippen LogP contribution in [0.3, 0.4) is 0 Å². The maximum atomic E-state index is 12.8. The van der Waals surface area contributed by atoms with Crippen LogP contribution in [-0.4, -0.2) is 42.4 Å². The third-order valence-corrected chi connectivity index (χ3v) is 7.71. The average molecular weight is 497 g/mol. The monoisotopic (exact) mass is 496 g/mol. The molecule has 2 fully saturated rings. The van der Waals surface area contributed by atoms with Gasteiger partial charge >= 0.3 is 0 Å². The van der Waals surface area contributed by atoms with Gasteiger partial charge in [0.05, 0.1) is 11.4 Å². The number of benzene rings is 3. The molecule has 2 atom stereocenters. The molecule has 1 saturated carbocycles. The SMILES string of the molecule is Nc1ccccc1NC(=O)c1ccc(CCC(=O)N2CCC(CNC3CC3c3ccccc3)CC2)cc1. The smallest absolute Gasteiger partial charge is 0.255 e. The van der Waals surface area contributed by atoms with Crippen LogP contribution in [0.15, 0.2) is 78.9 Å². The predicted octanol–water partition coefficient (Wildman–Crippen LogP) is 4.84. The summed E-state index contributed by atoms with van der Waals surface area (Å²) in [5, 5.41) is 6.60. The fourth-order valence-electron chi connectivity index (χ4n) is 5.23. The van der Waals surface area contributed by atoms with Crippen LogP contribution in [0.1, 0.15) is 53.1 Å². The van der Waals surface area contributed by atoms with Gasteiger partial charge in [-0.05, 0) is 73.5 Å². The largest absolute Gasteiger partial charge is 0.397 e. The van der Waals surface area contributed by atoms with Crippen LogP contribution in [0.4, 0.5) is 11.4 Å². The number of piperidine rings is 1. The summed E-state index contributed by atoms with van der Waals surface area (Å²) >= 11 is 0. The van der Waals surface area contributed by atoms with Crippen LogP contribution in [0.2, 0.25) is 0 Å². The summed E-state index contributed by atoms with van der Waals surface area (Å²) in [6.07, 6.45) is 4.54. The lowest BCUT2D eigenvalue weighted by molar-refractivity contribution is -0.132. The fraction of sp³-hybridized carbons (Fsp3) is 0.355. The number of amides is 2. The number of carbonyl (C=O) groups is 2. The second-order valence-corrected chi connectivity index (χ2v) is 10.3. The van der Waals surface area contributed by atoms with Crippen LogP contribution in [0, 0.1) is 5.92 Å². The standard InChI is InChI=1S/C31H36N4O2/c32-27-8-4-5-9-28(27)34-31(37)25-13-10-22(11-14-25)12-15-30(36)35-18-16-23(17-19-35)21-33-29-20-26(29)24-6-2-1-3-7-24/h1-11,13-14,23,26,29,33H,12,15-21,32H2,(H,34,37). The zero-order chi connectivity index (χ0) is 25.6. The number of likely N-dealkylation sites (tertiary alicyclic amines) is 1. The lowest BCUT2D eigenvalue weighted by Crippen LogP contribution is -2.41. The molecule has 0 spiro atoms. The molecule has 192 valence electrons. The van der Waals surface area contributed by atoms with Gasteiger partial charge in [-0.1, -0.05) is 54.6 Å². The lowest BCUT2D eigenvalue weighted by atomic mass is 9.96. The number of hydrogen-bond acceptors (Lipinski definition) is 4. The van der Waals surface area contributed by atoms with Gasteiger partial charge in [-0.2, -0.15) is 0 Å². The number of nitrogens with two attached hydrogens (primary N) is 1. The van der Waals surface area contributed by atoms with Crippen molar-refractivity contribution < 1.29 is 9.59 Å². The summed E-state index contributed by atoms with van der Waals surface area (Å²) in [6, 6.07) is 26.0. The Balaban J connectivity index is 1.00. The maximum Gasteiger partial charge on any atom is 0.255 e. The molecule has 4 N–H and O–H groups in total. The maximum absolute atomic E-state index is 12.8. The number of hydrogen-bond donors (Lipinski definition) is 3. The summed E-state index contributed by atoms with van der Waals surface area (Å²) in [4.78, 5) is 27.3. The van der Waals surface area contributed by atoms with Crippen molar-refractivity contribution in [2.75, 3.05) is 30.7 Å². The molecule has 2 unspecified atom stereocenters. The molecule has 6 heteroatoms. The zero-order valence-electron chi connectivity index (χ0n) is 21.2. The molecule has 2 amide bonds. The van der Waals surface area contributed by atoms with Crippen LogP contribution in [-0.2, 0) is 11.2 Å². The number of anilines is 2. The van der Waals surface area contributed by atoms with Crippen molar-refractivity contribution in [1.82, 2.24) is 10.2 Å². The van der Waals surface area contributed by atoms with E-state index in [0.717, 1.165) is 38.0 Å². The minimum absolute atomic E-state index is 0.199. The van der Waals surface area contributed by atoms with Crippen molar-refractivity contribution in [3.63, 3.8) is 0 Å². The Labute approximate surface area is 219 Å². The first-order chi connectivity index (χ1) is 18.1. The summed E-state index contributed by atoms with van der Waals surface area (Å²) in [5.74, 6) is 1.33. The Hall–Kier alpha value is -3.64. The molecule has 0 radical (unpaired) electrons. The minimum Gasteiger partial charge on any atom is -0.397 e. The van der Waals surface area contributed by atoms with E-state index in [1.165, 1.54) is 12.0 Å². The van der Waals surface area contributed by atoms with Crippen LogP contribution >= 0.6 is 0 Å². The van der Waals surface area contributed by atoms with Crippen molar-refractivity contribution in [3.05, 3.63) is 95.6 Å². The first kappa shape index (κ1) is 25.0. The van der Waals surface area contributed by atoms with Gasteiger partial charge in [-0.3, -0.25) is 9.59 Å². The van der Waals surface area contributed by atoms with E-state index < -0.39 is 0 Å². The molecular formula is C31H36N4O2. The number of nitrogen functional groups attached to an aromatic ring is 1. The van der Waals surface area contributed by atoms with Gasteiger partial charge in [0.15, 0.2) is 0 Å². The second-order valence-electron chi connectivity index (χ2n) is 10.3. The van der Waals surface area contributed by atoms with E-state index in [9.17, 15) is 9.59 Å². The van der Waals surface area contributed by atoms with E-state index in [-0.39, 0.29) is 11.8 Å². The van der Waals surface area contributed by atoms with Crippen LogP contribution in [0.5, 0.6) is 0 Å². The first-order valence-corrected chi connectivity index (χ1v) is 13.4. The van der Waals surface area contributed by atoms with Gasteiger partial charge in [-0.25, -0.2) is 0 Å². The zero-order valence-corrected chi connectivity index (χ0v) is 21.2. The number of para-hydroxylation sites is 2. The van der Waals surface area contributed by atoms with E-state index in [0.29, 0.717) is 47.7 Å². The number of rotatable bonds is 9. The van der Waals surface area contributed by atoms with Gasteiger partial charge in [-0.15, -0.1) is 0 Å². The van der Waals surface area contributed by atoms with E-state index in [1.54, 1.807) is 24.3 Å². The van der Waals surface area contributed by atoms with Crippen molar-refractivity contribution in [2.24, 2.45) is 5.92 Å². The van der Waals surface area contributed by atoms with Gasteiger partial charge in [0.2, 0.25) is 5.91 Å². The average Bonchev–Trinajstić information content (AvgIpc) is 3.73. The minimum atomic E-state index is -0.199. The lowest BCUT2D eigenvalue weighted by Gasteiger charge is -2.32. The van der Waals surface area contributed by atoms with Crippen molar-refractivity contribution >= 4 is 23.2 Å². The predicted molar refractivity (Wildman–Crippen MR) is 148 cm³/mol. The van der Waals surface area contributed by atoms with Crippen LogP contribution in [0.25, 0.3) is 0 Å².